The lowest BCUT2D eigenvalue weighted by Gasteiger charge is -2.09. The van der Waals surface area contributed by atoms with Crippen molar-refractivity contribution in [2.24, 2.45) is 0 Å². The largest absolute Gasteiger partial charge is 0.354 e. The first-order valence-electron chi connectivity index (χ1n) is 5.47. The van der Waals surface area contributed by atoms with E-state index < -0.39 is 0 Å². The fourth-order valence-corrected chi connectivity index (χ4v) is 3.45. The van der Waals surface area contributed by atoms with Crippen LogP contribution in [0.1, 0.15) is 17.8 Å². The van der Waals surface area contributed by atoms with Crippen molar-refractivity contribution in [3.8, 4) is 0 Å². The smallest absolute Gasteiger partial charge is 0.183 e. The van der Waals surface area contributed by atoms with Crippen molar-refractivity contribution >= 4 is 37.9 Å². The van der Waals surface area contributed by atoms with Crippen LogP contribution < -0.4 is 5.32 Å². The van der Waals surface area contributed by atoms with Crippen LogP contribution in [0.2, 0.25) is 0 Å². The van der Waals surface area contributed by atoms with Crippen LogP contribution in [-0.2, 0) is 0 Å². The number of thiophene rings is 1. The molecule has 0 aliphatic rings. The lowest BCUT2D eigenvalue weighted by molar-refractivity contribution is 0.905. The number of fused-ring (bicyclic) bond motifs is 1. The third-order valence-corrected chi connectivity index (χ3v) is 4.65. The maximum absolute atomic E-state index is 4.25. The molecule has 0 fully saturated rings. The molecule has 0 radical (unpaired) electrons. The number of hydrogen-bond donors (Lipinski definition) is 1. The minimum atomic E-state index is 0.304. The van der Waals surface area contributed by atoms with E-state index in [4.69, 9.17) is 0 Å². The molecule has 0 amide bonds. The van der Waals surface area contributed by atoms with E-state index in [2.05, 4.69) is 47.6 Å². The zero-order chi connectivity index (χ0) is 11.7. The van der Waals surface area contributed by atoms with E-state index in [1.807, 2.05) is 22.9 Å². The minimum Gasteiger partial charge on any atom is -0.354 e. The van der Waals surface area contributed by atoms with E-state index in [1.54, 1.807) is 11.3 Å². The minimum absolute atomic E-state index is 0.304. The molecule has 0 saturated carbocycles. The highest BCUT2D eigenvalue weighted by Crippen LogP contribution is 2.31. The van der Waals surface area contributed by atoms with Crippen LogP contribution in [0.5, 0.6) is 0 Å². The van der Waals surface area contributed by atoms with E-state index in [1.165, 1.54) is 15.0 Å². The molecule has 2 aromatic heterocycles. The van der Waals surface area contributed by atoms with Crippen molar-refractivity contribution in [1.29, 1.82) is 0 Å². The third kappa shape index (κ3) is 2.18. The van der Waals surface area contributed by atoms with Gasteiger partial charge in [-0.3, -0.25) is 0 Å². The average Bonchev–Trinajstić information content (AvgIpc) is 2.96. The molecule has 1 aromatic carbocycles. The van der Waals surface area contributed by atoms with E-state index in [0.717, 1.165) is 5.13 Å². The molecule has 2 nitrogen and oxygen atoms in total. The second kappa shape index (κ2) is 4.47. The highest BCUT2D eigenvalue weighted by atomic mass is 32.1. The summed E-state index contributed by atoms with van der Waals surface area (Å²) in [6, 6.07) is 11.0. The van der Waals surface area contributed by atoms with Crippen molar-refractivity contribution in [2.45, 2.75) is 13.0 Å². The maximum atomic E-state index is 4.25. The Labute approximate surface area is 108 Å². The van der Waals surface area contributed by atoms with Crippen LogP contribution in [0.25, 0.3) is 10.1 Å². The van der Waals surface area contributed by atoms with Crippen molar-refractivity contribution in [3.63, 3.8) is 0 Å². The predicted molar refractivity (Wildman–Crippen MR) is 76.0 cm³/mol. The molecule has 0 bridgehead atoms. The number of thiazole rings is 1. The Morgan fingerprint density at radius 2 is 2.18 bits per heavy atom. The van der Waals surface area contributed by atoms with Gasteiger partial charge in [-0.1, -0.05) is 18.2 Å². The van der Waals surface area contributed by atoms with Crippen molar-refractivity contribution < 1.29 is 0 Å². The van der Waals surface area contributed by atoms with Crippen molar-refractivity contribution in [3.05, 3.63) is 46.8 Å². The first-order valence-corrected chi connectivity index (χ1v) is 7.17. The van der Waals surface area contributed by atoms with E-state index >= 15 is 0 Å². The Morgan fingerprint density at radius 1 is 1.29 bits per heavy atom. The van der Waals surface area contributed by atoms with Crippen LogP contribution in [0.4, 0.5) is 5.13 Å². The number of aromatic nitrogens is 1. The van der Waals surface area contributed by atoms with Gasteiger partial charge in [-0.15, -0.1) is 22.7 Å². The molecule has 3 rings (SSSR count). The van der Waals surface area contributed by atoms with Crippen molar-refractivity contribution in [2.75, 3.05) is 5.32 Å². The summed E-state index contributed by atoms with van der Waals surface area (Å²) in [5.74, 6) is 0. The van der Waals surface area contributed by atoms with Gasteiger partial charge in [0.15, 0.2) is 5.13 Å². The second-order valence-corrected chi connectivity index (χ2v) is 5.90. The highest BCUT2D eigenvalue weighted by Gasteiger charge is 2.10. The van der Waals surface area contributed by atoms with Crippen molar-refractivity contribution in [1.82, 2.24) is 4.98 Å². The van der Waals surface area contributed by atoms with E-state index in [9.17, 15) is 0 Å². The summed E-state index contributed by atoms with van der Waals surface area (Å²) in [6.45, 7) is 2.17. The quantitative estimate of drug-likeness (QED) is 0.748. The van der Waals surface area contributed by atoms with Crippen LogP contribution in [-0.4, -0.2) is 4.98 Å². The molecule has 1 N–H and O–H groups in total. The number of anilines is 1. The average molecular weight is 260 g/mol. The van der Waals surface area contributed by atoms with E-state index in [0.29, 0.717) is 6.04 Å². The van der Waals surface area contributed by atoms with Gasteiger partial charge in [0.05, 0.1) is 6.04 Å². The molecule has 0 aliphatic carbocycles. The lowest BCUT2D eigenvalue weighted by atomic mass is 10.2. The Hall–Kier alpha value is -1.39. The molecule has 17 heavy (non-hydrogen) atoms. The van der Waals surface area contributed by atoms with Gasteiger partial charge in [0, 0.05) is 21.2 Å². The van der Waals surface area contributed by atoms with Gasteiger partial charge in [-0.2, -0.15) is 0 Å². The summed E-state index contributed by atoms with van der Waals surface area (Å²) in [4.78, 5) is 5.60. The standard InChI is InChI=1S/C13H12N2S2/c1-9(15-13-14-6-7-16-13)12-8-10-4-2-3-5-11(10)17-12/h2-9H,1H3,(H,14,15). The second-order valence-electron chi connectivity index (χ2n) is 3.89. The Bertz CT molecular complexity index is 580. The summed E-state index contributed by atoms with van der Waals surface area (Å²) in [5.41, 5.74) is 0. The van der Waals surface area contributed by atoms with Gasteiger partial charge < -0.3 is 5.32 Å². The Morgan fingerprint density at radius 3 is 2.94 bits per heavy atom. The molecular formula is C13H12N2S2. The zero-order valence-corrected chi connectivity index (χ0v) is 11.0. The van der Waals surface area contributed by atoms with Gasteiger partial charge in [0.25, 0.3) is 0 Å². The normalized spacial score (nSPS) is 12.8. The summed E-state index contributed by atoms with van der Waals surface area (Å²) < 4.78 is 1.34. The Balaban J connectivity index is 1.88. The molecule has 86 valence electrons. The van der Waals surface area contributed by atoms with E-state index in [-0.39, 0.29) is 0 Å². The van der Waals surface area contributed by atoms with Crippen LogP contribution in [0.3, 0.4) is 0 Å². The lowest BCUT2D eigenvalue weighted by Crippen LogP contribution is -2.03. The molecule has 3 aromatic rings. The molecular weight excluding hydrogens is 248 g/mol. The molecule has 0 spiro atoms. The van der Waals surface area contributed by atoms with Crippen LogP contribution >= 0.6 is 22.7 Å². The predicted octanol–water partition coefficient (Wildman–Crippen LogP) is 4.53. The monoisotopic (exact) mass is 260 g/mol. The summed E-state index contributed by atoms with van der Waals surface area (Å²) in [6.07, 6.45) is 1.82. The number of nitrogens with one attached hydrogen (secondary N) is 1. The molecule has 1 atom stereocenters. The van der Waals surface area contributed by atoms with Gasteiger partial charge in [0.1, 0.15) is 0 Å². The topological polar surface area (TPSA) is 24.9 Å². The molecule has 2 heterocycles. The maximum Gasteiger partial charge on any atom is 0.183 e. The molecule has 0 saturated heterocycles. The van der Waals surface area contributed by atoms with Gasteiger partial charge >= 0.3 is 0 Å². The SMILES string of the molecule is CC(Nc1nccs1)c1cc2ccccc2s1. The first-order chi connectivity index (χ1) is 8.33. The summed E-state index contributed by atoms with van der Waals surface area (Å²) >= 11 is 3.48. The fourth-order valence-electron chi connectivity index (χ4n) is 1.77. The summed E-state index contributed by atoms with van der Waals surface area (Å²) in [5, 5.41) is 7.70. The van der Waals surface area contributed by atoms with Crippen LogP contribution in [0.15, 0.2) is 41.9 Å². The highest BCUT2D eigenvalue weighted by molar-refractivity contribution is 7.19. The van der Waals surface area contributed by atoms with Gasteiger partial charge in [-0.25, -0.2) is 4.98 Å². The molecule has 4 heteroatoms. The number of benzene rings is 1. The molecule has 0 aliphatic heterocycles. The third-order valence-electron chi connectivity index (χ3n) is 2.64. The number of hydrogen-bond acceptors (Lipinski definition) is 4. The van der Waals surface area contributed by atoms with Gasteiger partial charge in [-0.05, 0) is 24.4 Å². The fraction of sp³-hybridized carbons (Fsp3) is 0.154. The molecule has 1 unspecified atom stereocenters. The summed E-state index contributed by atoms with van der Waals surface area (Å²) in [7, 11) is 0. The first kappa shape index (κ1) is 10.7. The van der Waals surface area contributed by atoms with Gasteiger partial charge in [0.2, 0.25) is 0 Å². The number of nitrogens with zero attached hydrogens (tertiary/aromatic N) is 1. The Kier molecular flexibility index (Phi) is 2.82. The number of rotatable bonds is 3. The zero-order valence-electron chi connectivity index (χ0n) is 9.38. The van der Waals surface area contributed by atoms with Crippen LogP contribution in [0, 0.1) is 0 Å².